The average molecular weight is 333 g/mol. The Bertz CT molecular complexity index is 864. The van der Waals surface area contributed by atoms with E-state index in [-0.39, 0.29) is 5.91 Å². The molecule has 5 heteroatoms. The topological polar surface area (TPSA) is 64.9 Å². The van der Waals surface area contributed by atoms with Crippen LogP contribution in [0, 0.1) is 11.3 Å². The second-order valence-electron chi connectivity index (χ2n) is 5.20. The molecule has 0 spiro atoms. The van der Waals surface area contributed by atoms with Crippen LogP contribution in [0.5, 0.6) is 0 Å². The SMILES string of the molecule is N#Cc1cccc(Nc2ccc(NC(=O)Cc3cccs3)cc2)c1. The Kier molecular flexibility index (Phi) is 4.90. The number of carbonyl (C=O) groups is 1. The number of benzene rings is 2. The highest BCUT2D eigenvalue weighted by Crippen LogP contribution is 2.20. The van der Waals surface area contributed by atoms with E-state index in [1.54, 1.807) is 23.5 Å². The first-order valence-corrected chi connectivity index (χ1v) is 8.30. The van der Waals surface area contributed by atoms with Crippen molar-refractivity contribution in [3.63, 3.8) is 0 Å². The van der Waals surface area contributed by atoms with Crippen molar-refractivity contribution in [2.24, 2.45) is 0 Å². The first-order chi connectivity index (χ1) is 11.7. The molecular weight excluding hydrogens is 318 g/mol. The Hall–Kier alpha value is -3.10. The van der Waals surface area contributed by atoms with Gasteiger partial charge in [0.15, 0.2) is 0 Å². The maximum absolute atomic E-state index is 12.0. The molecule has 0 aliphatic heterocycles. The van der Waals surface area contributed by atoms with Gasteiger partial charge in [-0.05, 0) is 53.9 Å². The number of thiophene rings is 1. The zero-order chi connectivity index (χ0) is 16.8. The average Bonchev–Trinajstić information content (AvgIpc) is 3.09. The summed E-state index contributed by atoms with van der Waals surface area (Å²) >= 11 is 1.57. The third kappa shape index (κ3) is 4.22. The fraction of sp³-hybridized carbons (Fsp3) is 0.0526. The van der Waals surface area contributed by atoms with Crippen LogP contribution in [0.4, 0.5) is 17.1 Å². The van der Waals surface area contributed by atoms with Crippen LogP contribution in [0.25, 0.3) is 0 Å². The van der Waals surface area contributed by atoms with Crippen LogP contribution >= 0.6 is 11.3 Å². The van der Waals surface area contributed by atoms with Crippen LogP contribution in [0.15, 0.2) is 66.0 Å². The predicted molar refractivity (Wildman–Crippen MR) is 97.5 cm³/mol. The lowest BCUT2D eigenvalue weighted by Crippen LogP contribution is -2.13. The first kappa shape index (κ1) is 15.8. The summed E-state index contributed by atoms with van der Waals surface area (Å²) in [4.78, 5) is 13.0. The molecule has 0 bridgehead atoms. The van der Waals surface area contributed by atoms with Crippen molar-refractivity contribution in [3.05, 3.63) is 76.5 Å². The van der Waals surface area contributed by atoms with Gasteiger partial charge in [-0.15, -0.1) is 11.3 Å². The zero-order valence-corrected chi connectivity index (χ0v) is 13.6. The fourth-order valence-electron chi connectivity index (χ4n) is 2.25. The summed E-state index contributed by atoms with van der Waals surface area (Å²) in [6, 6.07) is 20.8. The summed E-state index contributed by atoms with van der Waals surface area (Å²) in [5.41, 5.74) is 3.11. The van der Waals surface area contributed by atoms with Gasteiger partial charge in [-0.1, -0.05) is 12.1 Å². The lowest BCUT2D eigenvalue weighted by Gasteiger charge is -2.09. The molecule has 1 amide bonds. The quantitative estimate of drug-likeness (QED) is 0.720. The second-order valence-corrected chi connectivity index (χ2v) is 6.23. The van der Waals surface area contributed by atoms with Gasteiger partial charge in [-0.2, -0.15) is 5.26 Å². The summed E-state index contributed by atoms with van der Waals surface area (Å²) in [7, 11) is 0. The molecule has 0 saturated carbocycles. The monoisotopic (exact) mass is 333 g/mol. The van der Waals surface area contributed by atoms with Gasteiger partial charge in [-0.25, -0.2) is 0 Å². The molecule has 0 aliphatic rings. The standard InChI is InChI=1S/C19H15N3OS/c20-13-14-3-1-4-17(11-14)21-15-6-8-16(9-7-15)22-19(23)12-18-5-2-10-24-18/h1-11,21H,12H2,(H,22,23). The number of nitrogens with one attached hydrogen (secondary N) is 2. The minimum atomic E-state index is -0.0279. The number of hydrogen-bond donors (Lipinski definition) is 2. The van der Waals surface area contributed by atoms with E-state index in [1.165, 1.54) is 0 Å². The van der Waals surface area contributed by atoms with Gasteiger partial charge in [-0.3, -0.25) is 4.79 Å². The molecule has 0 unspecified atom stereocenters. The Morgan fingerprint density at radius 2 is 1.79 bits per heavy atom. The molecule has 0 atom stereocenters. The molecule has 1 aromatic heterocycles. The maximum Gasteiger partial charge on any atom is 0.229 e. The summed E-state index contributed by atoms with van der Waals surface area (Å²) in [5.74, 6) is -0.0279. The Morgan fingerprint density at radius 1 is 1.00 bits per heavy atom. The van der Waals surface area contributed by atoms with E-state index in [0.717, 1.165) is 21.9 Å². The van der Waals surface area contributed by atoms with E-state index in [4.69, 9.17) is 5.26 Å². The number of anilines is 3. The van der Waals surface area contributed by atoms with Gasteiger partial charge in [0.1, 0.15) is 0 Å². The smallest absolute Gasteiger partial charge is 0.229 e. The van der Waals surface area contributed by atoms with Crippen LogP contribution in [-0.4, -0.2) is 5.91 Å². The molecule has 0 radical (unpaired) electrons. The Balaban J connectivity index is 1.60. The van der Waals surface area contributed by atoms with Gasteiger partial charge in [0, 0.05) is 21.9 Å². The van der Waals surface area contributed by atoms with Crippen molar-refractivity contribution in [1.29, 1.82) is 5.26 Å². The van der Waals surface area contributed by atoms with Gasteiger partial charge < -0.3 is 10.6 Å². The molecule has 24 heavy (non-hydrogen) atoms. The van der Waals surface area contributed by atoms with Crippen LogP contribution in [0.2, 0.25) is 0 Å². The van der Waals surface area contributed by atoms with Crippen molar-refractivity contribution in [2.45, 2.75) is 6.42 Å². The third-order valence-corrected chi connectivity index (χ3v) is 4.24. The number of amides is 1. The number of nitriles is 1. The summed E-state index contributed by atoms with van der Waals surface area (Å²) in [6.45, 7) is 0. The predicted octanol–water partition coefficient (Wildman–Crippen LogP) is 4.54. The van der Waals surface area contributed by atoms with Crippen LogP contribution in [0.3, 0.4) is 0 Å². The molecule has 3 rings (SSSR count). The van der Waals surface area contributed by atoms with Gasteiger partial charge in [0.05, 0.1) is 18.1 Å². The van der Waals surface area contributed by atoms with Gasteiger partial charge in [0.2, 0.25) is 5.91 Å². The molecule has 2 aromatic carbocycles. The highest BCUT2D eigenvalue weighted by Gasteiger charge is 2.05. The minimum Gasteiger partial charge on any atom is -0.355 e. The molecule has 2 N–H and O–H groups in total. The summed E-state index contributed by atoms with van der Waals surface area (Å²) in [5, 5.41) is 17.0. The fourth-order valence-corrected chi connectivity index (χ4v) is 2.95. The lowest BCUT2D eigenvalue weighted by atomic mass is 10.2. The number of carbonyl (C=O) groups excluding carboxylic acids is 1. The molecule has 118 valence electrons. The first-order valence-electron chi connectivity index (χ1n) is 7.42. The van der Waals surface area contributed by atoms with Crippen molar-refractivity contribution < 1.29 is 4.79 Å². The van der Waals surface area contributed by atoms with E-state index in [1.807, 2.05) is 53.9 Å². The van der Waals surface area contributed by atoms with Crippen molar-refractivity contribution in [3.8, 4) is 6.07 Å². The van der Waals surface area contributed by atoms with Gasteiger partial charge >= 0.3 is 0 Å². The van der Waals surface area contributed by atoms with Crippen molar-refractivity contribution in [2.75, 3.05) is 10.6 Å². The number of hydrogen-bond acceptors (Lipinski definition) is 4. The Labute approximate surface area is 144 Å². The molecule has 0 saturated heterocycles. The zero-order valence-electron chi connectivity index (χ0n) is 12.8. The normalized spacial score (nSPS) is 9.96. The lowest BCUT2D eigenvalue weighted by molar-refractivity contribution is -0.115. The van der Waals surface area contributed by atoms with Crippen molar-refractivity contribution >= 4 is 34.3 Å². The van der Waals surface area contributed by atoms with Crippen LogP contribution in [0.1, 0.15) is 10.4 Å². The van der Waals surface area contributed by atoms with E-state index >= 15 is 0 Å². The van der Waals surface area contributed by atoms with Crippen molar-refractivity contribution in [1.82, 2.24) is 0 Å². The molecule has 0 fully saturated rings. The van der Waals surface area contributed by atoms with Gasteiger partial charge in [0.25, 0.3) is 0 Å². The van der Waals surface area contributed by atoms with Crippen LogP contribution < -0.4 is 10.6 Å². The summed E-state index contributed by atoms with van der Waals surface area (Å²) < 4.78 is 0. The molecule has 4 nitrogen and oxygen atoms in total. The second kappa shape index (κ2) is 7.44. The summed E-state index contributed by atoms with van der Waals surface area (Å²) in [6.07, 6.45) is 0.388. The van der Waals surface area contributed by atoms with Crippen LogP contribution in [-0.2, 0) is 11.2 Å². The van der Waals surface area contributed by atoms with E-state index in [0.29, 0.717) is 12.0 Å². The van der Waals surface area contributed by atoms with E-state index < -0.39 is 0 Å². The minimum absolute atomic E-state index is 0.0279. The molecule has 0 aliphatic carbocycles. The maximum atomic E-state index is 12.0. The molecular formula is C19H15N3OS. The largest absolute Gasteiger partial charge is 0.355 e. The third-order valence-electron chi connectivity index (χ3n) is 3.36. The molecule has 3 aromatic rings. The molecule has 1 heterocycles. The van der Waals surface area contributed by atoms with E-state index in [2.05, 4.69) is 16.7 Å². The highest BCUT2D eigenvalue weighted by atomic mass is 32.1. The number of rotatable bonds is 5. The van der Waals surface area contributed by atoms with E-state index in [9.17, 15) is 4.79 Å². The Morgan fingerprint density at radius 3 is 2.50 bits per heavy atom. The number of nitrogens with zero attached hydrogens (tertiary/aromatic N) is 1. The highest BCUT2D eigenvalue weighted by molar-refractivity contribution is 7.10.